The van der Waals surface area contributed by atoms with Crippen LogP contribution in [0.25, 0.3) is 5.70 Å². The number of allylic oxidation sites excluding steroid dienone is 1. The van der Waals surface area contributed by atoms with E-state index in [2.05, 4.69) is 5.32 Å². The second-order valence-electron chi connectivity index (χ2n) is 7.80. The Morgan fingerprint density at radius 1 is 0.938 bits per heavy atom. The molecule has 0 saturated carbocycles. The molecule has 32 heavy (non-hydrogen) atoms. The fourth-order valence-electron chi connectivity index (χ4n) is 4.52. The molecular weight excluding hydrogens is 410 g/mol. The van der Waals surface area contributed by atoms with E-state index in [0.29, 0.717) is 39.3 Å². The Morgan fingerprint density at radius 2 is 1.59 bits per heavy atom. The van der Waals surface area contributed by atoms with Crippen molar-refractivity contribution in [1.82, 2.24) is 9.13 Å². The number of ketones is 1. The summed E-state index contributed by atoms with van der Waals surface area (Å²) in [7, 11) is 4.30. The van der Waals surface area contributed by atoms with Crippen molar-refractivity contribution in [3.8, 4) is 0 Å². The van der Waals surface area contributed by atoms with Crippen LogP contribution in [-0.2, 0) is 18.8 Å². The van der Waals surface area contributed by atoms with Gasteiger partial charge in [0, 0.05) is 36.7 Å². The number of aromatic nitrogens is 2. The molecule has 2 heterocycles. The van der Waals surface area contributed by atoms with Crippen LogP contribution in [0.2, 0.25) is 0 Å². The number of anilines is 1. The molecule has 0 unspecified atom stereocenters. The average molecular weight is 429 g/mol. The summed E-state index contributed by atoms with van der Waals surface area (Å²) in [5.74, 6) is -1.02. The van der Waals surface area contributed by atoms with Gasteiger partial charge >= 0.3 is 11.7 Å². The molecule has 1 aromatic heterocycles. The molecule has 0 bridgehead atoms. The SMILES string of the molecule is COC(=O)c1ccc([C@@H]2C3=C(Nc4c2c(=O)n(C)c(=O)n4C)c2ccccc2C3=O)cc1. The summed E-state index contributed by atoms with van der Waals surface area (Å²) in [5, 5.41) is 3.20. The molecule has 1 aliphatic heterocycles. The number of nitrogens with one attached hydrogen (secondary N) is 1. The van der Waals surface area contributed by atoms with Gasteiger partial charge in [-0.15, -0.1) is 0 Å². The predicted octanol–water partition coefficient (Wildman–Crippen LogP) is 2.04. The quantitative estimate of drug-likeness (QED) is 0.626. The number of esters is 1. The number of benzene rings is 2. The van der Waals surface area contributed by atoms with Crippen molar-refractivity contribution in [3.05, 3.63) is 103 Å². The van der Waals surface area contributed by atoms with Crippen LogP contribution in [0.5, 0.6) is 0 Å². The number of methoxy groups -OCH3 is 1. The third-order valence-electron chi connectivity index (χ3n) is 6.14. The molecular formula is C24H19N3O5. The smallest absolute Gasteiger partial charge is 0.337 e. The largest absolute Gasteiger partial charge is 0.465 e. The van der Waals surface area contributed by atoms with Crippen LogP contribution in [0, 0.1) is 0 Å². The number of hydrogen-bond acceptors (Lipinski definition) is 6. The number of nitrogens with zero attached hydrogens (tertiary/aromatic N) is 2. The van der Waals surface area contributed by atoms with Gasteiger partial charge in [-0.1, -0.05) is 36.4 Å². The normalized spacial score (nSPS) is 16.2. The van der Waals surface area contributed by atoms with Crippen LogP contribution in [0.15, 0.2) is 63.7 Å². The average Bonchev–Trinajstić information content (AvgIpc) is 3.11. The summed E-state index contributed by atoms with van der Waals surface area (Å²) in [4.78, 5) is 51.2. The Labute approximate surface area is 182 Å². The Morgan fingerprint density at radius 3 is 2.25 bits per heavy atom. The lowest BCUT2D eigenvalue weighted by Gasteiger charge is -2.29. The standard InChI is InChI=1S/C24H19N3O5/c1-26-21-18(22(29)27(2)24(26)31)16(12-8-10-13(11-9-12)23(30)32-3)17-19(25-21)14-6-4-5-7-15(14)20(17)28/h4-11,16,25H,1-3H3/t16-/m1/s1. The molecule has 160 valence electrons. The van der Waals surface area contributed by atoms with E-state index >= 15 is 0 Å². The van der Waals surface area contributed by atoms with Crippen molar-refractivity contribution >= 4 is 23.3 Å². The van der Waals surface area contributed by atoms with Crippen molar-refractivity contribution in [2.45, 2.75) is 5.92 Å². The van der Waals surface area contributed by atoms with E-state index in [1.165, 1.54) is 18.7 Å². The number of ether oxygens (including phenoxy) is 1. The van der Waals surface area contributed by atoms with E-state index in [4.69, 9.17) is 4.74 Å². The number of Topliss-reactive ketones (excluding diaryl/α,β-unsaturated/α-hetero) is 1. The first kappa shape index (κ1) is 19.7. The highest BCUT2D eigenvalue weighted by atomic mass is 16.5. The highest BCUT2D eigenvalue weighted by Gasteiger charge is 2.42. The van der Waals surface area contributed by atoms with E-state index in [-0.39, 0.29) is 5.78 Å². The molecule has 0 radical (unpaired) electrons. The van der Waals surface area contributed by atoms with Gasteiger partial charge in [-0.2, -0.15) is 0 Å². The summed E-state index contributed by atoms with van der Waals surface area (Å²) in [6.07, 6.45) is 0. The van der Waals surface area contributed by atoms with Gasteiger partial charge in [-0.25, -0.2) is 9.59 Å². The van der Waals surface area contributed by atoms with Gasteiger partial charge in [0.05, 0.1) is 23.9 Å². The number of rotatable bonds is 2. The minimum atomic E-state index is -0.710. The van der Waals surface area contributed by atoms with Crippen LogP contribution in [0.4, 0.5) is 5.82 Å². The minimum absolute atomic E-state index is 0.174. The molecule has 0 fully saturated rings. The first-order valence-electron chi connectivity index (χ1n) is 9.98. The first-order chi connectivity index (χ1) is 15.3. The maximum Gasteiger partial charge on any atom is 0.337 e. The van der Waals surface area contributed by atoms with Gasteiger partial charge in [-0.05, 0) is 17.7 Å². The summed E-state index contributed by atoms with van der Waals surface area (Å²) in [6.45, 7) is 0. The molecule has 3 aromatic rings. The van der Waals surface area contributed by atoms with Gasteiger partial charge < -0.3 is 10.1 Å². The molecule has 2 aromatic carbocycles. The maximum absolute atomic E-state index is 13.4. The zero-order valence-corrected chi connectivity index (χ0v) is 17.6. The number of hydrogen-bond donors (Lipinski definition) is 1. The number of carbonyl (C=O) groups is 2. The minimum Gasteiger partial charge on any atom is -0.465 e. The third-order valence-corrected chi connectivity index (χ3v) is 6.14. The van der Waals surface area contributed by atoms with Gasteiger partial charge in [0.25, 0.3) is 5.56 Å². The molecule has 2 aliphatic rings. The van der Waals surface area contributed by atoms with Crippen LogP contribution in [-0.4, -0.2) is 28.0 Å². The molecule has 1 atom stereocenters. The molecule has 8 heteroatoms. The molecule has 0 spiro atoms. The molecule has 0 amide bonds. The number of fused-ring (bicyclic) bond motifs is 3. The molecule has 5 rings (SSSR count). The number of carbonyl (C=O) groups excluding carboxylic acids is 2. The second kappa shape index (κ2) is 6.91. The van der Waals surface area contributed by atoms with Crippen molar-refractivity contribution < 1.29 is 14.3 Å². The lowest BCUT2D eigenvalue weighted by molar-refractivity contribution is 0.0600. The lowest BCUT2D eigenvalue weighted by Crippen LogP contribution is -2.42. The van der Waals surface area contributed by atoms with Crippen LogP contribution in [0.3, 0.4) is 0 Å². The fourth-order valence-corrected chi connectivity index (χ4v) is 4.52. The van der Waals surface area contributed by atoms with Gasteiger partial charge in [0.2, 0.25) is 0 Å². The summed E-state index contributed by atoms with van der Waals surface area (Å²) in [6, 6.07) is 13.8. The highest BCUT2D eigenvalue weighted by Crippen LogP contribution is 2.47. The van der Waals surface area contributed by atoms with Crippen molar-refractivity contribution in [1.29, 1.82) is 0 Å². The lowest BCUT2D eigenvalue weighted by atomic mass is 9.81. The Hall–Kier alpha value is -4.20. The van der Waals surface area contributed by atoms with Gasteiger partial charge in [0.1, 0.15) is 5.82 Å². The molecule has 0 saturated heterocycles. The summed E-state index contributed by atoms with van der Waals surface area (Å²) in [5.41, 5.74) is 2.66. The molecule has 1 N–H and O–H groups in total. The topological polar surface area (TPSA) is 99.4 Å². The zero-order chi connectivity index (χ0) is 22.7. The van der Waals surface area contributed by atoms with Crippen LogP contribution >= 0.6 is 0 Å². The maximum atomic E-state index is 13.4. The highest BCUT2D eigenvalue weighted by molar-refractivity contribution is 6.23. The monoisotopic (exact) mass is 429 g/mol. The van der Waals surface area contributed by atoms with Crippen LogP contribution in [0.1, 0.15) is 43.3 Å². The summed E-state index contributed by atoms with van der Waals surface area (Å²) < 4.78 is 7.18. The summed E-state index contributed by atoms with van der Waals surface area (Å²) >= 11 is 0. The Kier molecular flexibility index (Phi) is 4.27. The van der Waals surface area contributed by atoms with E-state index in [1.807, 2.05) is 12.1 Å². The van der Waals surface area contributed by atoms with Crippen molar-refractivity contribution in [3.63, 3.8) is 0 Å². The predicted molar refractivity (Wildman–Crippen MR) is 118 cm³/mol. The van der Waals surface area contributed by atoms with E-state index in [9.17, 15) is 19.2 Å². The third kappa shape index (κ3) is 2.56. The zero-order valence-electron chi connectivity index (χ0n) is 17.6. The van der Waals surface area contributed by atoms with Crippen LogP contribution < -0.4 is 16.6 Å². The Balaban J connectivity index is 1.81. The molecule has 8 nitrogen and oxygen atoms in total. The van der Waals surface area contributed by atoms with E-state index in [0.717, 1.165) is 10.1 Å². The second-order valence-corrected chi connectivity index (χ2v) is 7.80. The van der Waals surface area contributed by atoms with Crippen molar-refractivity contribution in [2.75, 3.05) is 12.4 Å². The van der Waals surface area contributed by atoms with Gasteiger partial charge in [0.15, 0.2) is 5.78 Å². The molecule has 1 aliphatic carbocycles. The first-order valence-corrected chi connectivity index (χ1v) is 9.98. The van der Waals surface area contributed by atoms with E-state index < -0.39 is 23.1 Å². The fraction of sp³-hybridized carbons (Fsp3) is 0.167. The van der Waals surface area contributed by atoms with Gasteiger partial charge in [-0.3, -0.25) is 18.7 Å². The Bertz CT molecular complexity index is 1470. The van der Waals surface area contributed by atoms with Crippen molar-refractivity contribution in [2.24, 2.45) is 14.1 Å². The van der Waals surface area contributed by atoms with E-state index in [1.54, 1.807) is 43.4 Å².